The maximum Gasteiger partial charge on any atom is 0.410 e. The second-order valence-electron chi connectivity index (χ2n) is 10.1. The monoisotopic (exact) mass is 495 g/mol. The summed E-state index contributed by atoms with van der Waals surface area (Å²) in [5, 5.41) is 2.94. The van der Waals surface area contributed by atoms with Gasteiger partial charge in [0.2, 0.25) is 0 Å². The van der Waals surface area contributed by atoms with Crippen LogP contribution in [0.1, 0.15) is 47.8 Å². The van der Waals surface area contributed by atoms with Crippen molar-refractivity contribution in [2.24, 2.45) is 0 Å². The van der Waals surface area contributed by atoms with Crippen molar-refractivity contribution >= 4 is 17.7 Å². The van der Waals surface area contributed by atoms with Gasteiger partial charge in [0.1, 0.15) is 5.60 Å². The number of benzene rings is 3. The Labute approximate surface area is 219 Å². The third-order valence-electron chi connectivity index (χ3n) is 5.91. The van der Waals surface area contributed by atoms with Gasteiger partial charge < -0.3 is 15.0 Å². The molecule has 0 atom stereocenters. The van der Waals surface area contributed by atoms with Crippen LogP contribution in [-0.2, 0) is 11.3 Å². The van der Waals surface area contributed by atoms with Gasteiger partial charge >= 0.3 is 6.09 Å². The van der Waals surface area contributed by atoms with Crippen molar-refractivity contribution in [2.45, 2.75) is 32.9 Å². The Morgan fingerprint density at radius 2 is 1.41 bits per heavy atom. The van der Waals surface area contributed by atoms with Crippen LogP contribution in [0.4, 0.5) is 10.5 Å². The number of hydrogen-bond acceptors (Lipinski definition) is 4. The van der Waals surface area contributed by atoms with Gasteiger partial charge in [-0.1, -0.05) is 42.2 Å². The normalized spacial score (nSPS) is 13.9. The molecule has 0 aromatic heterocycles. The number of rotatable bonds is 4. The zero-order chi connectivity index (χ0) is 26.3. The first-order valence-corrected chi connectivity index (χ1v) is 12.5. The molecule has 0 aliphatic carbocycles. The molecule has 1 aliphatic heterocycles. The molecular formula is C31H33N3O3. The van der Waals surface area contributed by atoms with E-state index in [0.29, 0.717) is 18.7 Å². The van der Waals surface area contributed by atoms with E-state index in [4.69, 9.17) is 4.74 Å². The van der Waals surface area contributed by atoms with Crippen LogP contribution in [0.15, 0.2) is 78.9 Å². The fourth-order valence-corrected chi connectivity index (χ4v) is 3.94. The van der Waals surface area contributed by atoms with Crippen LogP contribution in [0.3, 0.4) is 0 Å². The van der Waals surface area contributed by atoms with Crippen LogP contribution < -0.4 is 5.32 Å². The minimum Gasteiger partial charge on any atom is -0.444 e. The fraction of sp³-hybridized carbons (Fsp3) is 0.290. The molecule has 1 heterocycles. The Kier molecular flexibility index (Phi) is 8.27. The van der Waals surface area contributed by atoms with Gasteiger partial charge in [0, 0.05) is 55.1 Å². The molecule has 0 unspecified atom stereocenters. The molecule has 37 heavy (non-hydrogen) atoms. The lowest BCUT2D eigenvalue weighted by molar-refractivity contribution is 0.0139. The number of nitrogens with one attached hydrogen (secondary N) is 1. The van der Waals surface area contributed by atoms with Crippen molar-refractivity contribution in [3.63, 3.8) is 0 Å². The van der Waals surface area contributed by atoms with Crippen LogP contribution in [0, 0.1) is 11.8 Å². The molecular weight excluding hydrogens is 462 g/mol. The topological polar surface area (TPSA) is 61.9 Å². The molecule has 0 bridgehead atoms. The van der Waals surface area contributed by atoms with E-state index in [1.165, 1.54) is 0 Å². The number of hydrogen-bond donors (Lipinski definition) is 1. The summed E-state index contributed by atoms with van der Waals surface area (Å²) in [6.07, 6.45) is -0.253. The van der Waals surface area contributed by atoms with Gasteiger partial charge in [-0.05, 0) is 74.9 Å². The van der Waals surface area contributed by atoms with Crippen LogP contribution in [0.5, 0.6) is 0 Å². The van der Waals surface area contributed by atoms with Crippen molar-refractivity contribution in [3.05, 3.63) is 101 Å². The quantitative estimate of drug-likeness (QED) is 0.493. The SMILES string of the molecule is CC(C)(C)OC(=O)N1CCN(Cc2ccc(C(=O)Nc3ccc(C#Cc4ccccc4)cc3)cc2)CC1. The summed E-state index contributed by atoms with van der Waals surface area (Å²) in [5.74, 6) is 6.12. The number of carbonyl (C=O) groups excluding carboxylic acids is 2. The highest BCUT2D eigenvalue weighted by atomic mass is 16.6. The number of carbonyl (C=O) groups is 2. The van der Waals surface area contributed by atoms with Crippen LogP contribution in [0.2, 0.25) is 0 Å². The summed E-state index contributed by atoms with van der Waals surface area (Å²) >= 11 is 0. The van der Waals surface area contributed by atoms with Crippen molar-refractivity contribution < 1.29 is 14.3 Å². The highest BCUT2D eigenvalue weighted by Gasteiger charge is 2.25. The zero-order valence-electron chi connectivity index (χ0n) is 21.7. The van der Waals surface area contributed by atoms with Gasteiger partial charge in [-0.2, -0.15) is 0 Å². The maximum atomic E-state index is 12.7. The third kappa shape index (κ3) is 7.96. The zero-order valence-corrected chi connectivity index (χ0v) is 21.7. The lowest BCUT2D eigenvalue weighted by atomic mass is 10.1. The summed E-state index contributed by atoms with van der Waals surface area (Å²) in [5.41, 5.74) is 3.82. The predicted molar refractivity (Wildman–Crippen MR) is 146 cm³/mol. The standard InChI is InChI=1S/C31H33N3O3/c1-31(2,3)37-30(36)34-21-19-33(20-22-34)23-26-11-15-27(16-12-26)29(35)32-28-17-13-25(14-18-28)10-9-24-7-5-4-6-8-24/h4-8,11-18H,19-23H2,1-3H3,(H,32,35). The average molecular weight is 496 g/mol. The molecule has 1 fully saturated rings. The molecule has 0 saturated carbocycles. The lowest BCUT2D eigenvalue weighted by Gasteiger charge is -2.35. The summed E-state index contributed by atoms with van der Waals surface area (Å²) < 4.78 is 5.47. The van der Waals surface area contributed by atoms with Crippen LogP contribution in [-0.4, -0.2) is 53.6 Å². The highest BCUT2D eigenvalue weighted by molar-refractivity contribution is 6.04. The molecule has 4 rings (SSSR count). The van der Waals surface area contributed by atoms with E-state index >= 15 is 0 Å². The highest BCUT2D eigenvalue weighted by Crippen LogP contribution is 2.15. The van der Waals surface area contributed by atoms with E-state index in [1.807, 2.05) is 99.6 Å². The van der Waals surface area contributed by atoms with E-state index in [-0.39, 0.29) is 12.0 Å². The van der Waals surface area contributed by atoms with Crippen molar-refractivity contribution in [3.8, 4) is 11.8 Å². The van der Waals surface area contributed by atoms with E-state index in [9.17, 15) is 9.59 Å². The van der Waals surface area contributed by atoms with Crippen LogP contribution in [0.25, 0.3) is 0 Å². The van der Waals surface area contributed by atoms with Crippen molar-refractivity contribution in [1.29, 1.82) is 0 Å². The Bertz CT molecular complexity index is 1260. The number of amides is 2. The van der Waals surface area contributed by atoms with Crippen molar-refractivity contribution in [1.82, 2.24) is 9.80 Å². The van der Waals surface area contributed by atoms with Gasteiger partial charge in [-0.3, -0.25) is 9.69 Å². The van der Waals surface area contributed by atoms with E-state index in [2.05, 4.69) is 22.1 Å². The molecule has 1 N–H and O–H groups in total. The number of piperazine rings is 1. The molecule has 2 amide bonds. The molecule has 1 saturated heterocycles. The molecule has 3 aromatic carbocycles. The average Bonchev–Trinajstić information content (AvgIpc) is 2.89. The minimum atomic E-state index is -0.483. The summed E-state index contributed by atoms with van der Waals surface area (Å²) in [6, 6.07) is 25.0. The lowest BCUT2D eigenvalue weighted by Crippen LogP contribution is -2.49. The van der Waals surface area contributed by atoms with Gasteiger partial charge in [0.15, 0.2) is 0 Å². The first-order chi connectivity index (χ1) is 17.7. The predicted octanol–water partition coefficient (Wildman–Crippen LogP) is 5.39. The van der Waals surface area contributed by atoms with E-state index < -0.39 is 5.60 Å². The molecule has 0 spiro atoms. The Hall–Kier alpha value is -4.08. The number of anilines is 1. The molecule has 6 heteroatoms. The second-order valence-corrected chi connectivity index (χ2v) is 10.1. The van der Waals surface area contributed by atoms with Crippen LogP contribution >= 0.6 is 0 Å². The summed E-state index contributed by atoms with van der Waals surface area (Å²) in [6.45, 7) is 9.27. The Morgan fingerprint density at radius 1 is 0.811 bits per heavy atom. The van der Waals surface area contributed by atoms with E-state index in [1.54, 1.807) is 4.90 Å². The van der Waals surface area contributed by atoms with E-state index in [0.717, 1.165) is 42.0 Å². The van der Waals surface area contributed by atoms with Gasteiger partial charge in [-0.25, -0.2) is 4.79 Å². The smallest absolute Gasteiger partial charge is 0.410 e. The largest absolute Gasteiger partial charge is 0.444 e. The molecule has 190 valence electrons. The summed E-state index contributed by atoms with van der Waals surface area (Å²) in [7, 11) is 0. The third-order valence-corrected chi connectivity index (χ3v) is 5.91. The Morgan fingerprint density at radius 3 is 2.00 bits per heavy atom. The van der Waals surface area contributed by atoms with Gasteiger partial charge in [-0.15, -0.1) is 0 Å². The summed E-state index contributed by atoms with van der Waals surface area (Å²) in [4.78, 5) is 29.0. The first-order valence-electron chi connectivity index (χ1n) is 12.5. The van der Waals surface area contributed by atoms with Gasteiger partial charge in [0.25, 0.3) is 5.91 Å². The number of ether oxygens (including phenoxy) is 1. The number of nitrogens with zero attached hydrogens (tertiary/aromatic N) is 2. The molecule has 0 radical (unpaired) electrons. The second kappa shape index (κ2) is 11.8. The van der Waals surface area contributed by atoms with Crippen molar-refractivity contribution in [2.75, 3.05) is 31.5 Å². The molecule has 1 aliphatic rings. The molecule has 6 nitrogen and oxygen atoms in total. The van der Waals surface area contributed by atoms with Gasteiger partial charge in [0.05, 0.1) is 0 Å². The maximum absolute atomic E-state index is 12.7. The fourth-order valence-electron chi connectivity index (χ4n) is 3.94. The minimum absolute atomic E-state index is 0.152. The molecule has 3 aromatic rings. The Balaban J connectivity index is 1.25. The first kappa shape index (κ1) is 26.0.